The molecule has 0 bridgehead atoms. The van der Waals surface area contributed by atoms with E-state index in [9.17, 15) is 0 Å². The molecule has 0 saturated heterocycles. The molecule has 5 nitrogen and oxygen atoms in total. The van der Waals surface area contributed by atoms with Crippen LogP contribution in [-0.4, -0.2) is 16.0 Å². The minimum Gasteiger partial charge on any atom is -0.338 e. The van der Waals surface area contributed by atoms with Gasteiger partial charge in [-0.3, -0.25) is 0 Å². The lowest BCUT2D eigenvalue weighted by molar-refractivity contribution is 0.310. The average Bonchev–Trinajstić information content (AvgIpc) is 2.70. The first-order chi connectivity index (χ1) is 8.33. The molecule has 1 aromatic carbocycles. The van der Waals surface area contributed by atoms with Crippen LogP contribution >= 0.6 is 12.4 Å². The molecule has 0 saturated carbocycles. The van der Waals surface area contributed by atoms with Gasteiger partial charge in [0.25, 0.3) is 0 Å². The van der Waals surface area contributed by atoms with Gasteiger partial charge in [-0.15, -0.1) is 12.4 Å². The summed E-state index contributed by atoms with van der Waals surface area (Å²) in [7, 11) is 0. The molecule has 1 aliphatic heterocycles. The Labute approximate surface area is 110 Å². The fraction of sp³-hybridized carbons (Fsp3) is 0.0833. The molecular formula is C12H11ClN4O. The van der Waals surface area contributed by atoms with Gasteiger partial charge in [-0.25, -0.2) is 9.62 Å². The van der Waals surface area contributed by atoms with Gasteiger partial charge in [0.05, 0.1) is 5.71 Å². The molecule has 1 aliphatic rings. The van der Waals surface area contributed by atoms with Crippen molar-refractivity contribution in [2.45, 2.75) is 6.92 Å². The number of allylic oxidation sites excluding steroid dienone is 2. The highest BCUT2D eigenvalue weighted by atomic mass is 35.5. The monoisotopic (exact) mass is 262 g/mol. The summed E-state index contributed by atoms with van der Waals surface area (Å²) in [6.07, 6.45) is 1.96. The molecule has 0 radical (unpaired) electrons. The lowest BCUT2D eigenvalue weighted by atomic mass is 10.1. The Morgan fingerprint density at radius 2 is 1.89 bits per heavy atom. The highest BCUT2D eigenvalue weighted by molar-refractivity contribution is 6.11. The molecule has 0 unspecified atom stereocenters. The molecule has 0 atom stereocenters. The second-order valence-electron chi connectivity index (χ2n) is 3.75. The van der Waals surface area contributed by atoms with Crippen LogP contribution < -0.4 is 5.32 Å². The number of benzene rings is 1. The Morgan fingerprint density at radius 1 is 1.11 bits per heavy atom. The zero-order chi connectivity index (χ0) is 11.7. The van der Waals surface area contributed by atoms with Gasteiger partial charge < -0.3 is 5.32 Å². The molecule has 0 fully saturated rings. The van der Waals surface area contributed by atoms with Crippen molar-refractivity contribution in [1.82, 2.24) is 10.3 Å². The molecule has 2 aromatic rings. The third kappa shape index (κ3) is 2.26. The summed E-state index contributed by atoms with van der Waals surface area (Å²) in [6.45, 7) is 1.95. The minimum atomic E-state index is 0. The zero-order valence-electron chi connectivity index (χ0n) is 9.62. The van der Waals surface area contributed by atoms with Gasteiger partial charge in [0.15, 0.2) is 0 Å². The lowest BCUT2D eigenvalue weighted by Gasteiger charge is -2.00. The summed E-state index contributed by atoms with van der Waals surface area (Å²) in [5.41, 5.74) is 2.82. The van der Waals surface area contributed by atoms with E-state index >= 15 is 0 Å². The van der Waals surface area contributed by atoms with E-state index in [0.29, 0.717) is 11.6 Å². The van der Waals surface area contributed by atoms with E-state index in [1.54, 1.807) is 0 Å². The predicted molar refractivity (Wildman–Crippen MR) is 71.6 cm³/mol. The van der Waals surface area contributed by atoms with Gasteiger partial charge in [-0.05, 0) is 23.3 Å². The third-order valence-corrected chi connectivity index (χ3v) is 2.44. The molecule has 6 heteroatoms. The highest BCUT2D eigenvalue weighted by Crippen LogP contribution is 2.25. The van der Waals surface area contributed by atoms with Gasteiger partial charge in [-0.2, -0.15) is 0 Å². The van der Waals surface area contributed by atoms with Crippen molar-refractivity contribution >= 4 is 29.8 Å². The SMILES string of the molecule is CC1=CC(c2ccccc2)=Nc2nonc2N1.Cl. The first-order valence-corrected chi connectivity index (χ1v) is 5.25. The van der Waals surface area contributed by atoms with E-state index < -0.39 is 0 Å². The summed E-state index contributed by atoms with van der Waals surface area (Å²) in [6, 6.07) is 9.92. The summed E-state index contributed by atoms with van der Waals surface area (Å²) in [5, 5.41) is 10.6. The summed E-state index contributed by atoms with van der Waals surface area (Å²) in [4.78, 5) is 4.43. The van der Waals surface area contributed by atoms with Crippen molar-refractivity contribution in [1.29, 1.82) is 0 Å². The van der Waals surface area contributed by atoms with Crippen LogP contribution in [0.2, 0.25) is 0 Å². The molecule has 0 amide bonds. The van der Waals surface area contributed by atoms with E-state index in [1.165, 1.54) is 0 Å². The summed E-state index contributed by atoms with van der Waals surface area (Å²) >= 11 is 0. The number of halogens is 1. The third-order valence-electron chi connectivity index (χ3n) is 2.44. The minimum absolute atomic E-state index is 0. The van der Waals surface area contributed by atoms with Gasteiger partial charge in [-0.1, -0.05) is 30.3 Å². The van der Waals surface area contributed by atoms with Crippen molar-refractivity contribution in [2.75, 3.05) is 5.32 Å². The molecule has 0 aliphatic carbocycles. The summed E-state index contributed by atoms with van der Waals surface area (Å²) < 4.78 is 4.66. The number of hydrogen-bond acceptors (Lipinski definition) is 5. The van der Waals surface area contributed by atoms with Crippen molar-refractivity contribution in [3.63, 3.8) is 0 Å². The molecule has 18 heavy (non-hydrogen) atoms. The molecular weight excluding hydrogens is 252 g/mol. The van der Waals surface area contributed by atoms with Gasteiger partial charge >= 0.3 is 0 Å². The van der Waals surface area contributed by atoms with Crippen LogP contribution in [0.15, 0.2) is 51.7 Å². The highest BCUT2D eigenvalue weighted by Gasteiger charge is 2.14. The standard InChI is InChI=1S/C12H10N4O.ClH/c1-8-7-10(9-5-3-2-4-6-9)14-12-11(13-8)15-17-16-12;/h2-7H,1H3,(H,13,15);1H. The van der Waals surface area contributed by atoms with Crippen LogP contribution in [0.1, 0.15) is 12.5 Å². The van der Waals surface area contributed by atoms with Gasteiger partial charge in [0, 0.05) is 11.3 Å². The van der Waals surface area contributed by atoms with Crippen LogP contribution in [0, 0.1) is 0 Å². The maximum Gasteiger partial charge on any atom is 0.241 e. The quantitative estimate of drug-likeness (QED) is 0.858. The number of aliphatic imine (C=N–C) groups is 1. The van der Waals surface area contributed by atoms with Gasteiger partial charge in [0.2, 0.25) is 11.6 Å². The topological polar surface area (TPSA) is 63.3 Å². The van der Waals surface area contributed by atoms with Crippen LogP contribution in [0.5, 0.6) is 0 Å². The normalized spacial score (nSPS) is 13.4. The summed E-state index contributed by atoms with van der Waals surface area (Å²) in [5.74, 6) is 1.02. The number of nitrogens with one attached hydrogen (secondary N) is 1. The largest absolute Gasteiger partial charge is 0.338 e. The first kappa shape index (κ1) is 12.3. The Balaban J connectivity index is 0.00000120. The fourth-order valence-corrected chi connectivity index (χ4v) is 1.67. The lowest BCUT2D eigenvalue weighted by Crippen LogP contribution is -1.99. The molecule has 1 aromatic heterocycles. The maximum atomic E-state index is 4.66. The number of nitrogens with zero attached hydrogens (tertiary/aromatic N) is 3. The van der Waals surface area contributed by atoms with Crippen molar-refractivity contribution in [2.24, 2.45) is 4.99 Å². The molecule has 2 heterocycles. The number of anilines is 1. The average molecular weight is 263 g/mol. The van der Waals surface area contributed by atoms with Crippen LogP contribution in [0.3, 0.4) is 0 Å². The zero-order valence-corrected chi connectivity index (χ0v) is 10.4. The van der Waals surface area contributed by atoms with Crippen LogP contribution in [0.4, 0.5) is 11.6 Å². The Bertz CT molecular complexity index is 604. The number of fused-ring (bicyclic) bond motifs is 1. The Kier molecular flexibility index (Phi) is 3.43. The maximum absolute atomic E-state index is 4.66. The molecule has 1 N–H and O–H groups in total. The van der Waals surface area contributed by atoms with E-state index in [-0.39, 0.29) is 12.4 Å². The smallest absolute Gasteiger partial charge is 0.241 e. The Morgan fingerprint density at radius 3 is 2.67 bits per heavy atom. The number of aromatic nitrogens is 2. The number of rotatable bonds is 1. The van der Waals surface area contributed by atoms with Crippen molar-refractivity contribution in [3.8, 4) is 0 Å². The Hall–Kier alpha value is -2.14. The van der Waals surface area contributed by atoms with Crippen LogP contribution in [-0.2, 0) is 0 Å². The molecule has 0 spiro atoms. The second-order valence-corrected chi connectivity index (χ2v) is 3.75. The molecule has 3 rings (SSSR count). The van der Waals surface area contributed by atoms with E-state index in [4.69, 9.17) is 0 Å². The van der Waals surface area contributed by atoms with E-state index in [1.807, 2.05) is 43.3 Å². The second kappa shape index (κ2) is 5.01. The van der Waals surface area contributed by atoms with E-state index in [0.717, 1.165) is 17.0 Å². The van der Waals surface area contributed by atoms with Gasteiger partial charge in [0.1, 0.15) is 0 Å². The fourth-order valence-electron chi connectivity index (χ4n) is 1.67. The first-order valence-electron chi connectivity index (χ1n) is 5.25. The van der Waals surface area contributed by atoms with Crippen LogP contribution in [0.25, 0.3) is 0 Å². The predicted octanol–water partition coefficient (Wildman–Crippen LogP) is 2.94. The molecule has 92 valence electrons. The number of hydrogen-bond donors (Lipinski definition) is 1. The van der Waals surface area contributed by atoms with Crippen molar-refractivity contribution in [3.05, 3.63) is 47.7 Å². The van der Waals surface area contributed by atoms with Crippen molar-refractivity contribution < 1.29 is 4.63 Å². The van der Waals surface area contributed by atoms with E-state index in [2.05, 4.69) is 25.3 Å².